The molecule has 0 aliphatic rings. The van der Waals surface area contributed by atoms with Crippen LogP contribution in [0.4, 0.5) is 11.5 Å². The number of nitrogens with one attached hydrogen (secondary N) is 2. The summed E-state index contributed by atoms with van der Waals surface area (Å²) in [6.07, 6.45) is 1.10. The maximum Gasteiger partial charge on any atom is 0.208 e. The number of benzene rings is 2. The van der Waals surface area contributed by atoms with Crippen LogP contribution in [-0.4, -0.2) is 38.0 Å². The molecule has 0 aliphatic heterocycles. The van der Waals surface area contributed by atoms with E-state index < -0.39 is 10.0 Å². The van der Waals surface area contributed by atoms with Gasteiger partial charge in [-0.3, -0.25) is 5.10 Å². The lowest BCUT2D eigenvalue weighted by Crippen LogP contribution is -2.26. The third kappa shape index (κ3) is 3.83. The summed E-state index contributed by atoms with van der Waals surface area (Å²) < 4.78 is 30.2. The van der Waals surface area contributed by atoms with Crippen molar-refractivity contribution >= 4 is 32.4 Å². The standard InChI is InChI=1S/C16H19N5O3S/c1-25(22,23)19-8-9-24-13-7-6-12(10-2-4-11(17)5-3-10)14-15(13)20-21-16(14)18/h2-7,19H,8-9,17H2,1H3,(H3,18,20,21). The van der Waals surface area contributed by atoms with Gasteiger partial charge >= 0.3 is 0 Å². The molecule has 3 rings (SSSR count). The monoisotopic (exact) mass is 361 g/mol. The van der Waals surface area contributed by atoms with E-state index in [1.807, 2.05) is 30.3 Å². The van der Waals surface area contributed by atoms with E-state index in [0.29, 0.717) is 22.8 Å². The van der Waals surface area contributed by atoms with E-state index in [4.69, 9.17) is 16.2 Å². The fourth-order valence-electron chi connectivity index (χ4n) is 2.54. The molecule has 132 valence electrons. The first-order chi connectivity index (χ1) is 11.8. The summed E-state index contributed by atoms with van der Waals surface area (Å²) in [5.41, 5.74) is 14.9. The number of hydrogen-bond donors (Lipinski definition) is 4. The van der Waals surface area contributed by atoms with E-state index in [2.05, 4.69) is 14.9 Å². The van der Waals surface area contributed by atoms with Crippen molar-refractivity contribution in [2.24, 2.45) is 0 Å². The van der Waals surface area contributed by atoms with Crippen LogP contribution >= 0.6 is 0 Å². The topological polar surface area (TPSA) is 136 Å². The molecule has 0 amide bonds. The van der Waals surface area contributed by atoms with Gasteiger partial charge in [-0.2, -0.15) is 5.10 Å². The van der Waals surface area contributed by atoms with E-state index in [1.165, 1.54) is 0 Å². The number of fused-ring (bicyclic) bond motifs is 1. The van der Waals surface area contributed by atoms with Gasteiger partial charge in [0.15, 0.2) is 5.82 Å². The van der Waals surface area contributed by atoms with Crippen molar-refractivity contribution < 1.29 is 13.2 Å². The predicted molar refractivity (Wildman–Crippen MR) is 98.7 cm³/mol. The first-order valence-corrected chi connectivity index (χ1v) is 9.44. The van der Waals surface area contributed by atoms with Crippen LogP contribution in [0, 0.1) is 0 Å². The van der Waals surface area contributed by atoms with Crippen LogP contribution in [0.3, 0.4) is 0 Å². The number of aromatic amines is 1. The van der Waals surface area contributed by atoms with Crippen molar-refractivity contribution in [1.29, 1.82) is 0 Å². The Morgan fingerprint density at radius 2 is 1.88 bits per heavy atom. The minimum Gasteiger partial charge on any atom is -0.490 e. The molecule has 0 saturated carbocycles. The Bertz CT molecular complexity index is 997. The van der Waals surface area contributed by atoms with E-state index in [1.54, 1.807) is 6.07 Å². The van der Waals surface area contributed by atoms with Gasteiger partial charge < -0.3 is 16.2 Å². The lowest BCUT2D eigenvalue weighted by Gasteiger charge is -2.10. The third-order valence-corrected chi connectivity index (χ3v) is 4.39. The number of sulfonamides is 1. The molecule has 0 atom stereocenters. The van der Waals surface area contributed by atoms with E-state index in [9.17, 15) is 8.42 Å². The van der Waals surface area contributed by atoms with E-state index in [-0.39, 0.29) is 13.2 Å². The number of nitrogen functional groups attached to an aromatic ring is 2. The Balaban J connectivity index is 1.90. The third-order valence-electron chi connectivity index (χ3n) is 3.66. The molecular weight excluding hydrogens is 342 g/mol. The second-order valence-corrected chi connectivity index (χ2v) is 7.44. The van der Waals surface area contributed by atoms with Crippen molar-refractivity contribution in [2.75, 3.05) is 30.9 Å². The van der Waals surface area contributed by atoms with Gasteiger partial charge in [0.25, 0.3) is 0 Å². The zero-order valence-electron chi connectivity index (χ0n) is 13.6. The highest BCUT2D eigenvalue weighted by Crippen LogP contribution is 2.36. The quantitative estimate of drug-likeness (QED) is 0.386. The molecule has 1 aromatic heterocycles. The van der Waals surface area contributed by atoms with Crippen molar-refractivity contribution in [3.05, 3.63) is 36.4 Å². The molecule has 0 unspecified atom stereocenters. The van der Waals surface area contributed by atoms with E-state index in [0.717, 1.165) is 22.8 Å². The minimum absolute atomic E-state index is 0.170. The molecule has 8 nitrogen and oxygen atoms in total. The fourth-order valence-corrected chi connectivity index (χ4v) is 3.00. The average Bonchev–Trinajstić information content (AvgIpc) is 2.94. The maximum absolute atomic E-state index is 11.1. The number of rotatable bonds is 6. The Hall–Kier alpha value is -2.78. The summed E-state index contributed by atoms with van der Waals surface area (Å²) >= 11 is 0. The molecule has 25 heavy (non-hydrogen) atoms. The van der Waals surface area contributed by atoms with Crippen LogP contribution < -0.4 is 20.9 Å². The number of anilines is 2. The highest BCUT2D eigenvalue weighted by molar-refractivity contribution is 7.88. The van der Waals surface area contributed by atoms with Crippen LogP contribution in [0.15, 0.2) is 36.4 Å². The van der Waals surface area contributed by atoms with Crippen LogP contribution in [0.25, 0.3) is 22.0 Å². The van der Waals surface area contributed by atoms with Gasteiger partial charge in [-0.25, -0.2) is 13.1 Å². The van der Waals surface area contributed by atoms with Gasteiger partial charge in [-0.1, -0.05) is 12.1 Å². The van der Waals surface area contributed by atoms with Gasteiger partial charge in [0.1, 0.15) is 17.9 Å². The van der Waals surface area contributed by atoms with E-state index >= 15 is 0 Å². The fraction of sp³-hybridized carbons (Fsp3) is 0.188. The van der Waals surface area contributed by atoms with Gasteiger partial charge in [0.2, 0.25) is 10.0 Å². The summed E-state index contributed by atoms with van der Waals surface area (Å²) in [4.78, 5) is 0. The number of nitrogens with two attached hydrogens (primary N) is 2. The number of aromatic nitrogens is 2. The van der Waals surface area contributed by atoms with Gasteiger partial charge in [-0.05, 0) is 35.4 Å². The molecular formula is C16H19N5O3S. The zero-order valence-corrected chi connectivity index (χ0v) is 14.4. The molecule has 6 N–H and O–H groups in total. The maximum atomic E-state index is 11.1. The largest absolute Gasteiger partial charge is 0.490 e. The Labute approximate surface area is 145 Å². The lowest BCUT2D eigenvalue weighted by molar-refractivity contribution is 0.326. The van der Waals surface area contributed by atoms with Crippen molar-refractivity contribution in [3.8, 4) is 16.9 Å². The molecule has 2 aromatic carbocycles. The Kier molecular flexibility index (Phi) is 4.51. The van der Waals surface area contributed by atoms with Crippen LogP contribution in [-0.2, 0) is 10.0 Å². The molecule has 0 aliphatic carbocycles. The molecule has 0 spiro atoms. The summed E-state index contributed by atoms with van der Waals surface area (Å²) in [5, 5.41) is 7.68. The molecule has 3 aromatic rings. The van der Waals surface area contributed by atoms with Crippen molar-refractivity contribution in [2.45, 2.75) is 0 Å². The zero-order chi connectivity index (χ0) is 18.0. The van der Waals surface area contributed by atoms with Crippen LogP contribution in [0.1, 0.15) is 0 Å². The Morgan fingerprint density at radius 3 is 2.56 bits per heavy atom. The summed E-state index contributed by atoms with van der Waals surface area (Å²) in [7, 11) is -3.24. The second kappa shape index (κ2) is 6.61. The highest BCUT2D eigenvalue weighted by atomic mass is 32.2. The van der Waals surface area contributed by atoms with Gasteiger partial charge in [-0.15, -0.1) is 0 Å². The normalized spacial score (nSPS) is 11.7. The van der Waals surface area contributed by atoms with Crippen LogP contribution in [0.5, 0.6) is 5.75 Å². The molecule has 0 radical (unpaired) electrons. The number of hydrogen-bond acceptors (Lipinski definition) is 6. The van der Waals surface area contributed by atoms with Crippen molar-refractivity contribution in [1.82, 2.24) is 14.9 Å². The van der Waals surface area contributed by atoms with Crippen molar-refractivity contribution in [3.63, 3.8) is 0 Å². The first kappa shape index (κ1) is 17.1. The number of ether oxygens (including phenoxy) is 1. The molecule has 0 bridgehead atoms. The lowest BCUT2D eigenvalue weighted by atomic mass is 10.0. The number of nitrogens with zero attached hydrogens (tertiary/aromatic N) is 1. The molecule has 1 heterocycles. The average molecular weight is 361 g/mol. The first-order valence-electron chi connectivity index (χ1n) is 7.55. The molecule has 9 heteroatoms. The smallest absolute Gasteiger partial charge is 0.208 e. The second-order valence-electron chi connectivity index (χ2n) is 5.61. The SMILES string of the molecule is CS(=O)(=O)NCCOc1ccc(-c2ccc(N)cc2)c2c(N)n[nH]c12. The highest BCUT2D eigenvalue weighted by Gasteiger charge is 2.14. The summed E-state index contributed by atoms with van der Waals surface area (Å²) in [5.74, 6) is 0.912. The van der Waals surface area contributed by atoms with Crippen LogP contribution in [0.2, 0.25) is 0 Å². The Morgan fingerprint density at radius 1 is 1.16 bits per heavy atom. The minimum atomic E-state index is -3.24. The number of H-pyrrole nitrogens is 1. The van der Waals surface area contributed by atoms with Gasteiger partial charge in [0.05, 0.1) is 11.6 Å². The summed E-state index contributed by atoms with van der Waals surface area (Å²) in [6.45, 7) is 0.353. The van der Waals surface area contributed by atoms with Gasteiger partial charge in [0, 0.05) is 12.2 Å². The molecule has 0 saturated heterocycles. The predicted octanol–water partition coefficient (Wildman–Crippen LogP) is 1.32. The molecule has 0 fully saturated rings. The summed E-state index contributed by atoms with van der Waals surface area (Å²) in [6, 6.07) is 11.1.